The number of rotatable bonds is 5. The highest BCUT2D eigenvalue weighted by molar-refractivity contribution is 5.93. The van der Waals surface area contributed by atoms with Crippen LogP contribution in [0.15, 0.2) is 30.7 Å². The number of urea groups is 1. The van der Waals surface area contributed by atoms with Gasteiger partial charge in [0.25, 0.3) is 0 Å². The van der Waals surface area contributed by atoms with Crippen molar-refractivity contribution in [3.05, 3.63) is 30.7 Å². The standard InChI is InChI=1S/C15H19N5O2/c1-20-9-12(14(19-20)11-4-6-16-7-5-11)18-15(22)17-8-13(21)10-2-3-10/h4-7,9-10,13,21H,2-3,8H2,1H3,(H2,17,18,22)/t13-/m0/s1. The Hall–Kier alpha value is -2.41. The van der Waals surface area contributed by atoms with E-state index in [1.165, 1.54) is 0 Å². The monoisotopic (exact) mass is 301 g/mol. The van der Waals surface area contributed by atoms with Gasteiger partial charge in [-0.2, -0.15) is 5.10 Å². The molecule has 1 fully saturated rings. The molecular formula is C15H19N5O2. The molecule has 1 aliphatic rings. The van der Waals surface area contributed by atoms with Crippen LogP contribution in [0.2, 0.25) is 0 Å². The quantitative estimate of drug-likeness (QED) is 0.778. The summed E-state index contributed by atoms with van der Waals surface area (Å²) in [6, 6.07) is 3.33. The molecule has 1 atom stereocenters. The Morgan fingerprint density at radius 3 is 2.86 bits per heavy atom. The zero-order valence-electron chi connectivity index (χ0n) is 12.4. The Labute approximate surface area is 128 Å². The fraction of sp³-hybridized carbons (Fsp3) is 0.400. The van der Waals surface area contributed by atoms with Gasteiger partial charge >= 0.3 is 6.03 Å². The average molecular weight is 301 g/mol. The molecular weight excluding hydrogens is 282 g/mol. The summed E-state index contributed by atoms with van der Waals surface area (Å²) in [5.74, 6) is 0.339. The van der Waals surface area contributed by atoms with E-state index in [-0.39, 0.29) is 12.6 Å². The average Bonchev–Trinajstić information content (AvgIpc) is 3.30. The van der Waals surface area contributed by atoms with Gasteiger partial charge in [-0.1, -0.05) is 0 Å². The van der Waals surface area contributed by atoms with Crippen LogP contribution >= 0.6 is 0 Å². The number of aromatic nitrogens is 3. The third-order valence-corrected chi connectivity index (χ3v) is 3.67. The minimum absolute atomic E-state index is 0.265. The zero-order chi connectivity index (χ0) is 15.5. The van der Waals surface area contributed by atoms with Crippen molar-refractivity contribution in [3.63, 3.8) is 0 Å². The Bertz CT molecular complexity index is 651. The number of nitrogens with one attached hydrogen (secondary N) is 2. The first-order valence-electron chi connectivity index (χ1n) is 7.30. The molecule has 1 saturated carbocycles. The van der Waals surface area contributed by atoms with Gasteiger partial charge in [-0.05, 0) is 30.9 Å². The number of hydrogen-bond acceptors (Lipinski definition) is 4. The van der Waals surface area contributed by atoms with Crippen LogP contribution in [0.5, 0.6) is 0 Å². The number of aryl methyl sites for hydroxylation is 1. The number of nitrogens with zero attached hydrogens (tertiary/aromatic N) is 3. The number of amides is 2. The minimum Gasteiger partial charge on any atom is -0.391 e. The molecule has 2 heterocycles. The molecule has 2 aromatic rings. The van der Waals surface area contributed by atoms with Crippen molar-refractivity contribution in [3.8, 4) is 11.3 Å². The molecule has 0 aromatic carbocycles. The zero-order valence-corrected chi connectivity index (χ0v) is 12.4. The molecule has 3 rings (SSSR count). The predicted molar refractivity (Wildman–Crippen MR) is 82.2 cm³/mol. The van der Waals surface area contributed by atoms with Gasteiger partial charge in [0, 0.05) is 37.7 Å². The van der Waals surface area contributed by atoms with Crippen LogP contribution in [0.3, 0.4) is 0 Å². The first-order chi connectivity index (χ1) is 10.6. The SMILES string of the molecule is Cn1cc(NC(=O)NC[C@H](O)C2CC2)c(-c2ccncc2)n1. The molecule has 0 spiro atoms. The van der Waals surface area contributed by atoms with Gasteiger partial charge in [0.2, 0.25) is 0 Å². The molecule has 0 saturated heterocycles. The van der Waals surface area contributed by atoms with Crippen molar-refractivity contribution in [1.82, 2.24) is 20.1 Å². The summed E-state index contributed by atoms with van der Waals surface area (Å²) in [7, 11) is 1.80. The number of aliphatic hydroxyl groups excluding tert-OH is 1. The second-order valence-corrected chi connectivity index (χ2v) is 5.54. The molecule has 7 nitrogen and oxygen atoms in total. The number of anilines is 1. The predicted octanol–water partition coefficient (Wildman–Crippen LogP) is 1.37. The van der Waals surface area contributed by atoms with Crippen molar-refractivity contribution in [2.24, 2.45) is 13.0 Å². The summed E-state index contributed by atoms with van der Waals surface area (Å²) in [6.45, 7) is 0.265. The number of hydrogen-bond donors (Lipinski definition) is 3. The van der Waals surface area contributed by atoms with Gasteiger partial charge in [0.05, 0.1) is 11.8 Å². The molecule has 116 valence electrons. The minimum atomic E-state index is -0.459. The summed E-state index contributed by atoms with van der Waals surface area (Å²) in [4.78, 5) is 15.9. The lowest BCUT2D eigenvalue weighted by Crippen LogP contribution is -2.36. The van der Waals surface area contributed by atoms with E-state index in [1.807, 2.05) is 12.1 Å². The van der Waals surface area contributed by atoms with Gasteiger partial charge in [-0.25, -0.2) is 4.79 Å². The van der Waals surface area contributed by atoms with Crippen LogP contribution in [0.1, 0.15) is 12.8 Å². The van der Waals surface area contributed by atoms with Gasteiger partial charge in [-0.3, -0.25) is 9.67 Å². The number of carbonyl (C=O) groups is 1. The van der Waals surface area contributed by atoms with Gasteiger partial charge in [0.15, 0.2) is 0 Å². The van der Waals surface area contributed by atoms with E-state index < -0.39 is 6.10 Å². The Morgan fingerprint density at radius 1 is 1.45 bits per heavy atom. The van der Waals surface area contributed by atoms with E-state index in [0.29, 0.717) is 17.3 Å². The highest BCUT2D eigenvalue weighted by Gasteiger charge is 2.29. The van der Waals surface area contributed by atoms with Gasteiger partial charge < -0.3 is 15.7 Å². The molecule has 2 aromatic heterocycles. The highest BCUT2D eigenvalue weighted by atomic mass is 16.3. The highest BCUT2D eigenvalue weighted by Crippen LogP contribution is 2.32. The number of aliphatic hydroxyl groups is 1. The molecule has 0 radical (unpaired) electrons. The third kappa shape index (κ3) is 3.43. The van der Waals surface area contributed by atoms with Crippen LogP contribution in [0.4, 0.5) is 10.5 Å². The van der Waals surface area contributed by atoms with Gasteiger partial charge in [0.1, 0.15) is 5.69 Å². The van der Waals surface area contributed by atoms with Crippen LogP contribution in [-0.2, 0) is 7.05 Å². The second kappa shape index (κ2) is 6.15. The molecule has 0 unspecified atom stereocenters. The second-order valence-electron chi connectivity index (χ2n) is 5.54. The fourth-order valence-corrected chi connectivity index (χ4v) is 2.31. The molecule has 2 amide bonds. The molecule has 7 heteroatoms. The number of pyridine rings is 1. The van der Waals surface area contributed by atoms with E-state index >= 15 is 0 Å². The summed E-state index contributed by atoms with van der Waals surface area (Å²) >= 11 is 0. The van der Waals surface area contributed by atoms with Crippen molar-refractivity contribution >= 4 is 11.7 Å². The Kier molecular flexibility index (Phi) is 4.06. The molecule has 0 aliphatic heterocycles. The Balaban J connectivity index is 1.65. The van der Waals surface area contributed by atoms with E-state index in [0.717, 1.165) is 18.4 Å². The maximum absolute atomic E-state index is 12.0. The first-order valence-corrected chi connectivity index (χ1v) is 7.30. The molecule has 3 N–H and O–H groups in total. The lowest BCUT2D eigenvalue weighted by Gasteiger charge is -2.11. The van der Waals surface area contributed by atoms with Crippen LogP contribution < -0.4 is 10.6 Å². The van der Waals surface area contributed by atoms with Crippen LogP contribution in [0, 0.1) is 5.92 Å². The van der Waals surface area contributed by atoms with E-state index in [1.54, 1.807) is 30.3 Å². The van der Waals surface area contributed by atoms with E-state index in [9.17, 15) is 9.90 Å². The van der Waals surface area contributed by atoms with E-state index in [4.69, 9.17) is 0 Å². The first kappa shape index (κ1) is 14.5. The summed E-state index contributed by atoms with van der Waals surface area (Å²) < 4.78 is 1.64. The van der Waals surface area contributed by atoms with Gasteiger partial charge in [-0.15, -0.1) is 0 Å². The van der Waals surface area contributed by atoms with Crippen LogP contribution in [0.25, 0.3) is 11.3 Å². The fourth-order valence-electron chi connectivity index (χ4n) is 2.31. The number of carbonyl (C=O) groups excluding carboxylic acids is 1. The maximum atomic E-state index is 12.0. The third-order valence-electron chi connectivity index (χ3n) is 3.67. The summed E-state index contributed by atoms with van der Waals surface area (Å²) in [5.41, 5.74) is 2.18. The van der Waals surface area contributed by atoms with Crippen molar-refractivity contribution in [2.75, 3.05) is 11.9 Å². The largest absolute Gasteiger partial charge is 0.391 e. The molecule has 0 bridgehead atoms. The molecule has 1 aliphatic carbocycles. The summed E-state index contributed by atoms with van der Waals surface area (Å²) in [6.07, 6.45) is 6.73. The lowest BCUT2D eigenvalue weighted by atomic mass is 10.2. The van der Waals surface area contributed by atoms with Crippen molar-refractivity contribution < 1.29 is 9.90 Å². The van der Waals surface area contributed by atoms with Crippen molar-refractivity contribution in [1.29, 1.82) is 0 Å². The van der Waals surface area contributed by atoms with Crippen molar-refractivity contribution in [2.45, 2.75) is 18.9 Å². The maximum Gasteiger partial charge on any atom is 0.319 e. The topological polar surface area (TPSA) is 92.1 Å². The Morgan fingerprint density at radius 2 is 2.18 bits per heavy atom. The van der Waals surface area contributed by atoms with E-state index in [2.05, 4.69) is 20.7 Å². The smallest absolute Gasteiger partial charge is 0.319 e. The van der Waals surface area contributed by atoms with Crippen LogP contribution in [-0.4, -0.2) is 38.6 Å². The normalized spacial score (nSPS) is 15.4. The molecule has 22 heavy (non-hydrogen) atoms. The lowest BCUT2D eigenvalue weighted by molar-refractivity contribution is 0.150. The summed E-state index contributed by atoms with van der Waals surface area (Å²) in [5, 5.41) is 19.6.